The van der Waals surface area contributed by atoms with Crippen molar-refractivity contribution in [2.75, 3.05) is 18.0 Å². The molecule has 0 unspecified atom stereocenters. The molecule has 1 saturated heterocycles. The van der Waals surface area contributed by atoms with E-state index in [4.69, 9.17) is 5.11 Å². The van der Waals surface area contributed by atoms with E-state index < -0.39 is 10.9 Å². The molecule has 9 nitrogen and oxygen atoms in total. The lowest BCUT2D eigenvalue weighted by atomic mass is 9.96. The van der Waals surface area contributed by atoms with Gasteiger partial charge >= 0.3 is 11.7 Å². The number of carboxylic acid groups (broad SMARTS) is 1. The van der Waals surface area contributed by atoms with E-state index in [9.17, 15) is 14.9 Å². The number of nitrogens with zero attached hydrogens (tertiary/aromatic N) is 4. The van der Waals surface area contributed by atoms with Crippen LogP contribution < -0.4 is 4.90 Å². The first-order valence-electron chi connectivity index (χ1n) is 6.45. The second kappa shape index (κ2) is 5.00. The quantitative estimate of drug-likeness (QED) is 0.665. The fourth-order valence-electron chi connectivity index (χ4n) is 2.61. The van der Waals surface area contributed by atoms with E-state index in [0.717, 1.165) is 0 Å². The van der Waals surface area contributed by atoms with Crippen molar-refractivity contribution in [3.8, 4) is 0 Å². The molecule has 0 saturated carbocycles. The smallest absolute Gasteiger partial charge is 0.306 e. The average molecular weight is 292 g/mol. The van der Waals surface area contributed by atoms with Gasteiger partial charge in [0.1, 0.15) is 0 Å². The summed E-state index contributed by atoms with van der Waals surface area (Å²) in [7, 11) is 0. The summed E-state index contributed by atoms with van der Waals surface area (Å²) in [4.78, 5) is 23.3. The number of piperidine rings is 1. The summed E-state index contributed by atoms with van der Waals surface area (Å²) in [5.74, 6) is -1.13. The van der Waals surface area contributed by atoms with Crippen molar-refractivity contribution in [1.82, 2.24) is 10.3 Å². The zero-order chi connectivity index (χ0) is 15.0. The number of aromatic nitrogens is 2. The second-order valence-electron chi connectivity index (χ2n) is 4.92. The minimum Gasteiger partial charge on any atom is -0.481 e. The molecule has 0 radical (unpaired) electrons. The average Bonchev–Trinajstić information content (AvgIpc) is 2.95. The third-order valence-electron chi connectivity index (χ3n) is 3.75. The Morgan fingerprint density at radius 1 is 1.33 bits per heavy atom. The number of nitro benzene ring substituents is 1. The number of benzene rings is 1. The molecule has 1 fully saturated rings. The molecular weight excluding hydrogens is 280 g/mol. The molecule has 0 atom stereocenters. The van der Waals surface area contributed by atoms with Crippen LogP contribution in [0.4, 0.5) is 11.4 Å². The third-order valence-corrected chi connectivity index (χ3v) is 3.75. The third kappa shape index (κ3) is 2.26. The summed E-state index contributed by atoms with van der Waals surface area (Å²) in [6, 6.07) is 2.97. The Balaban J connectivity index is 1.92. The van der Waals surface area contributed by atoms with Crippen LogP contribution in [-0.2, 0) is 4.79 Å². The van der Waals surface area contributed by atoms with Crippen molar-refractivity contribution in [3.05, 3.63) is 22.2 Å². The Kier molecular flexibility index (Phi) is 3.16. The minimum atomic E-state index is -0.786. The first-order chi connectivity index (χ1) is 10.1. The molecule has 1 aliphatic rings. The highest BCUT2D eigenvalue weighted by molar-refractivity contribution is 5.93. The van der Waals surface area contributed by atoms with Gasteiger partial charge in [-0.2, -0.15) is 0 Å². The molecule has 0 amide bonds. The maximum absolute atomic E-state index is 11.0. The number of nitro groups is 1. The van der Waals surface area contributed by atoms with Gasteiger partial charge in [0, 0.05) is 19.2 Å². The number of anilines is 1. The van der Waals surface area contributed by atoms with Gasteiger partial charge in [0.05, 0.1) is 16.5 Å². The van der Waals surface area contributed by atoms with Gasteiger partial charge in [-0.3, -0.25) is 14.9 Å². The van der Waals surface area contributed by atoms with Crippen LogP contribution in [0.5, 0.6) is 0 Å². The van der Waals surface area contributed by atoms with Gasteiger partial charge in [-0.05, 0) is 29.2 Å². The highest BCUT2D eigenvalue weighted by atomic mass is 16.6. The molecule has 2 heterocycles. The van der Waals surface area contributed by atoms with Gasteiger partial charge < -0.3 is 10.0 Å². The fourth-order valence-corrected chi connectivity index (χ4v) is 2.61. The standard InChI is InChI=1S/C12H12N4O5/c17-12(18)7-3-5-15(6-4-7)8-1-2-9(16(19)20)11-10(8)13-21-14-11/h1-2,7H,3-6H2,(H,17,18). The number of carboxylic acids is 1. The molecule has 1 aromatic heterocycles. The molecule has 2 aromatic rings. The highest BCUT2D eigenvalue weighted by Gasteiger charge is 2.28. The molecule has 0 bridgehead atoms. The van der Waals surface area contributed by atoms with Gasteiger partial charge in [-0.15, -0.1) is 0 Å². The maximum atomic E-state index is 11.0. The number of fused-ring (bicyclic) bond motifs is 1. The highest BCUT2D eigenvalue weighted by Crippen LogP contribution is 2.33. The van der Waals surface area contributed by atoms with Crippen molar-refractivity contribution in [2.24, 2.45) is 5.92 Å². The topological polar surface area (TPSA) is 123 Å². The van der Waals surface area contributed by atoms with Gasteiger partial charge in [-0.1, -0.05) is 0 Å². The summed E-state index contributed by atoms with van der Waals surface area (Å²) in [6.07, 6.45) is 1.05. The van der Waals surface area contributed by atoms with Crippen LogP contribution in [0.1, 0.15) is 12.8 Å². The van der Waals surface area contributed by atoms with Gasteiger partial charge in [-0.25, -0.2) is 4.63 Å². The SMILES string of the molecule is O=C(O)C1CCN(c2ccc([N+](=O)[O-])c3nonc23)CC1. The molecule has 0 spiro atoms. The van der Waals surface area contributed by atoms with Crippen LogP contribution >= 0.6 is 0 Å². The molecule has 1 N–H and O–H groups in total. The van der Waals surface area contributed by atoms with Crippen LogP contribution in [-0.4, -0.2) is 39.4 Å². The monoisotopic (exact) mass is 292 g/mol. The number of hydrogen-bond acceptors (Lipinski definition) is 7. The van der Waals surface area contributed by atoms with Crippen LogP contribution in [0.15, 0.2) is 16.8 Å². The number of non-ortho nitro benzene ring substituents is 1. The van der Waals surface area contributed by atoms with Crippen molar-refractivity contribution in [2.45, 2.75) is 12.8 Å². The second-order valence-corrected chi connectivity index (χ2v) is 4.92. The predicted molar refractivity (Wildman–Crippen MR) is 71.0 cm³/mol. The maximum Gasteiger partial charge on any atom is 0.306 e. The van der Waals surface area contributed by atoms with Gasteiger partial charge in [0.25, 0.3) is 0 Å². The van der Waals surface area contributed by atoms with Crippen molar-refractivity contribution in [3.63, 3.8) is 0 Å². The summed E-state index contributed by atoms with van der Waals surface area (Å²) in [6.45, 7) is 1.10. The van der Waals surface area contributed by atoms with Crippen molar-refractivity contribution in [1.29, 1.82) is 0 Å². The lowest BCUT2D eigenvalue weighted by molar-refractivity contribution is -0.383. The summed E-state index contributed by atoms with van der Waals surface area (Å²) >= 11 is 0. The van der Waals surface area contributed by atoms with Crippen molar-refractivity contribution >= 4 is 28.4 Å². The van der Waals surface area contributed by atoms with Crippen LogP contribution in [0.3, 0.4) is 0 Å². The van der Waals surface area contributed by atoms with E-state index in [1.807, 2.05) is 4.90 Å². The Morgan fingerprint density at radius 2 is 2.00 bits per heavy atom. The van der Waals surface area contributed by atoms with E-state index in [1.165, 1.54) is 6.07 Å². The molecule has 3 rings (SSSR count). The molecule has 1 aromatic carbocycles. The lowest BCUT2D eigenvalue weighted by Crippen LogP contribution is -2.36. The van der Waals surface area contributed by atoms with E-state index in [-0.39, 0.29) is 17.1 Å². The number of carbonyl (C=O) groups is 1. The van der Waals surface area contributed by atoms with Gasteiger partial charge in [0.15, 0.2) is 5.52 Å². The Morgan fingerprint density at radius 3 is 2.62 bits per heavy atom. The van der Waals surface area contributed by atoms with Gasteiger partial charge in [0.2, 0.25) is 5.52 Å². The van der Waals surface area contributed by atoms with Crippen LogP contribution in [0.2, 0.25) is 0 Å². The minimum absolute atomic E-state index is 0.109. The first-order valence-corrected chi connectivity index (χ1v) is 6.45. The Bertz CT molecular complexity index is 705. The Labute approximate surface area is 118 Å². The van der Waals surface area contributed by atoms with E-state index >= 15 is 0 Å². The number of hydrogen-bond donors (Lipinski definition) is 1. The summed E-state index contributed by atoms with van der Waals surface area (Å²) in [5, 5.41) is 27.3. The largest absolute Gasteiger partial charge is 0.481 e. The number of rotatable bonds is 3. The zero-order valence-corrected chi connectivity index (χ0v) is 10.9. The zero-order valence-electron chi connectivity index (χ0n) is 10.9. The molecule has 0 aliphatic carbocycles. The van der Waals surface area contributed by atoms with Crippen LogP contribution in [0.25, 0.3) is 11.0 Å². The number of aliphatic carboxylic acids is 1. The van der Waals surface area contributed by atoms with E-state index in [1.54, 1.807) is 6.07 Å². The van der Waals surface area contributed by atoms with Crippen molar-refractivity contribution < 1.29 is 19.5 Å². The normalized spacial score (nSPS) is 16.3. The fraction of sp³-hybridized carbons (Fsp3) is 0.417. The molecule has 21 heavy (non-hydrogen) atoms. The summed E-state index contributed by atoms with van der Waals surface area (Å²) in [5.41, 5.74) is 0.965. The molecule has 1 aliphatic heterocycles. The molecular formula is C12H12N4O5. The molecule has 9 heteroatoms. The van der Waals surface area contributed by atoms with E-state index in [2.05, 4.69) is 14.9 Å². The lowest BCUT2D eigenvalue weighted by Gasteiger charge is -2.31. The first kappa shape index (κ1) is 13.3. The summed E-state index contributed by atoms with van der Waals surface area (Å²) < 4.78 is 4.62. The predicted octanol–water partition coefficient (Wildman–Crippen LogP) is 1.43. The van der Waals surface area contributed by atoms with E-state index in [0.29, 0.717) is 37.1 Å². The van der Waals surface area contributed by atoms with Crippen LogP contribution in [0, 0.1) is 16.0 Å². The molecule has 110 valence electrons. The Hall–Kier alpha value is -2.71.